The average Bonchev–Trinajstić information content (AvgIpc) is 2.92. The number of piperazine rings is 1. The number of H-pyrrole nitrogens is 1. The number of ether oxygens (including phenoxy) is 2. The molecule has 0 aliphatic carbocycles. The fourth-order valence-electron chi connectivity index (χ4n) is 4.62. The van der Waals surface area contributed by atoms with E-state index < -0.39 is 29.7 Å². The molecule has 1 aliphatic heterocycles. The van der Waals surface area contributed by atoms with Crippen molar-refractivity contribution in [3.8, 4) is 0 Å². The molecule has 0 bridgehead atoms. The zero-order valence-electron chi connectivity index (χ0n) is 23.6. The Morgan fingerprint density at radius 3 is 2.34 bits per heavy atom. The van der Waals surface area contributed by atoms with Crippen molar-refractivity contribution in [2.75, 3.05) is 26.2 Å². The van der Waals surface area contributed by atoms with Crippen LogP contribution in [0.4, 0.5) is 4.79 Å². The van der Waals surface area contributed by atoms with E-state index in [0.717, 1.165) is 5.39 Å². The highest BCUT2D eigenvalue weighted by molar-refractivity contribution is 6.30. The number of aromatic amines is 1. The molecule has 0 saturated carbocycles. The molecule has 1 saturated heterocycles. The number of benzene rings is 2. The number of hydrogen-bond acceptors (Lipinski definition) is 7. The fraction of sp³-hybridized carbons (Fsp3) is 0.400. The highest BCUT2D eigenvalue weighted by atomic mass is 35.5. The van der Waals surface area contributed by atoms with E-state index in [4.69, 9.17) is 21.1 Å². The van der Waals surface area contributed by atoms with Gasteiger partial charge < -0.3 is 24.7 Å². The van der Waals surface area contributed by atoms with Crippen molar-refractivity contribution in [1.29, 1.82) is 0 Å². The monoisotopic (exact) mass is 582 g/mol. The number of nitrogens with one attached hydrogen (secondary N) is 2. The number of carbonyl (C=O) groups is 3. The zero-order chi connectivity index (χ0) is 29.7. The highest BCUT2D eigenvalue weighted by Gasteiger charge is 2.31. The van der Waals surface area contributed by atoms with Crippen molar-refractivity contribution in [1.82, 2.24) is 20.1 Å². The third-order valence-electron chi connectivity index (χ3n) is 6.72. The summed E-state index contributed by atoms with van der Waals surface area (Å²) in [4.78, 5) is 57.7. The molecule has 2 atom stereocenters. The Morgan fingerprint density at radius 2 is 1.68 bits per heavy atom. The van der Waals surface area contributed by atoms with Crippen LogP contribution in [0, 0.1) is 0 Å². The van der Waals surface area contributed by atoms with Gasteiger partial charge in [0.2, 0.25) is 5.56 Å². The molecule has 2 unspecified atom stereocenters. The standard InChI is InChI=1S/C30H35ClN4O6/c1-19(34-13-15-35(16-14-34)29(39)41-30(2,3)4)40-28(38)25(33-27(37)20-9-11-22(31)12-10-20)17-21-18-26(36)32-24-8-6-5-7-23(21)24/h5-12,18-19,25H,13-17H2,1-4H3,(H,32,36)(H,33,37). The lowest BCUT2D eigenvalue weighted by molar-refractivity contribution is -0.161. The molecule has 2 aromatic carbocycles. The Morgan fingerprint density at radius 1 is 1.02 bits per heavy atom. The lowest BCUT2D eigenvalue weighted by Gasteiger charge is -2.38. The summed E-state index contributed by atoms with van der Waals surface area (Å²) in [5.74, 6) is -1.12. The first kappa shape index (κ1) is 30.1. The van der Waals surface area contributed by atoms with Crippen molar-refractivity contribution in [3.63, 3.8) is 0 Å². The molecule has 2 N–H and O–H groups in total. The molecule has 41 heavy (non-hydrogen) atoms. The van der Waals surface area contributed by atoms with Gasteiger partial charge in [-0.1, -0.05) is 29.8 Å². The maximum atomic E-state index is 13.5. The third-order valence-corrected chi connectivity index (χ3v) is 6.98. The number of esters is 1. The summed E-state index contributed by atoms with van der Waals surface area (Å²) in [7, 11) is 0. The first-order valence-electron chi connectivity index (χ1n) is 13.5. The Kier molecular flexibility index (Phi) is 9.35. The van der Waals surface area contributed by atoms with E-state index in [2.05, 4.69) is 10.3 Å². The van der Waals surface area contributed by atoms with Crippen molar-refractivity contribution < 1.29 is 23.9 Å². The number of hydrogen-bond donors (Lipinski definition) is 2. The topological polar surface area (TPSA) is 121 Å². The van der Waals surface area contributed by atoms with Crippen LogP contribution in [0.15, 0.2) is 59.4 Å². The number of aromatic nitrogens is 1. The smallest absolute Gasteiger partial charge is 0.410 e. The van der Waals surface area contributed by atoms with E-state index in [1.54, 1.807) is 48.2 Å². The molecule has 3 aromatic rings. The summed E-state index contributed by atoms with van der Waals surface area (Å²) in [5, 5.41) is 4.02. The van der Waals surface area contributed by atoms with Gasteiger partial charge in [0.25, 0.3) is 5.91 Å². The number of pyridine rings is 1. The van der Waals surface area contributed by atoms with E-state index in [0.29, 0.717) is 47.8 Å². The van der Waals surface area contributed by atoms with E-state index in [1.807, 2.05) is 37.8 Å². The second-order valence-corrected chi connectivity index (χ2v) is 11.4. The third kappa shape index (κ3) is 8.08. The lowest BCUT2D eigenvalue weighted by atomic mass is 10.0. The average molecular weight is 583 g/mol. The Hall–Kier alpha value is -3.89. The number of fused-ring (bicyclic) bond motifs is 1. The van der Waals surface area contributed by atoms with Crippen LogP contribution in [0.3, 0.4) is 0 Å². The van der Waals surface area contributed by atoms with Gasteiger partial charge in [0.05, 0.1) is 0 Å². The fourth-order valence-corrected chi connectivity index (χ4v) is 4.75. The molecular formula is C30H35ClN4O6. The van der Waals surface area contributed by atoms with Crippen LogP contribution in [0.5, 0.6) is 0 Å². The number of rotatable bonds is 7. The molecule has 1 aliphatic rings. The summed E-state index contributed by atoms with van der Waals surface area (Å²) < 4.78 is 11.3. The van der Waals surface area contributed by atoms with Gasteiger partial charge in [-0.25, -0.2) is 9.59 Å². The van der Waals surface area contributed by atoms with Gasteiger partial charge in [-0.2, -0.15) is 0 Å². The normalized spacial score (nSPS) is 15.7. The van der Waals surface area contributed by atoms with Crippen LogP contribution in [0.1, 0.15) is 43.6 Å². The molecule has 4 rings (SSSR count). The minimum atomic E-state index is -1.08. The van der Waals surface area contributed by atoms with Gasteiger partial charge in [0.1, 0.15) is 11.6 Å². The quantitative estimate of drug-likeness (QED) is 0.404. The first-order chi connectivity index (χ1) is 19.4. The molecule has 10 nitrogen and oxygen atoms in total. The Balaban J connectivity index is 1.48. The number of para-hydroxylation sites is 1. The van der Waals surface area contributed by atoms with Crippen molar-refractivity contribution in [3.05, 3.63) is 81.1 Å². The second kappa shape index (κ2) is 12.7. The minimum Gasteiger partial charge on any atom is -0.445 e. The van der Waals surface area contributed by atoms with E-state index in [1.165, 1.54) is 6.07 Å². The lowest BCUT2D eigenvalue weighted by Crippen LogP contribution is -2.54. The highest BCUT2D eigenvalue weighted by Crippen LogP contribution is 2.19. The van der Waals surface area contributed by atoms with Gasteiger partial charge in [-0.05, 0) is 63.6 Å². The molecule has 11 heteroatoms. The molecule has 0 radical (unpaired) electrons. The van der Waals surface area contributed by atoms with Gasteiger partial charge >= 0.3 is 12.1 Å². The summed E-state index contributed by atoms with van der Waals surface area (Å²) in [6.45, 7) is 9.01. The van der Waals surface area contributed by atoms with Crippen LogP contribution in [0.2, 0.25) is 5.02 Å². The predicted molar refractivity (Wildman–Crippen MR) is 156 cm³/mol. The number of amides is 2. The number of halogens is 1. The van der Waals surface area contributed by atoms with Crippen molar-refractivity contribution in [2.24, 2.45) is 0 Å². The SMILES string of the molecule is CC(OC(=O)C(Cc1cc(=O)[nH]c2ccccc12)NC(=O)c1ccc(Cl)cc1)N1CCN(C(=O)OC(C)(C)C)CC1. The van der Waals surface area contributed by atoms with Crippen LogP contribution in [-0.2, 0) is 20.7 Å². The number of carbonyl (C=O) groups excluding carboxylic acids is 3. The first-order valence-corrected chi connectivity index (χ1v) is 13.9. The minimum absolute atomic E-state index is 0.0434. The Bertz CT molecular complexity index is 1460. The van der Waals surface area contributed by atoms with E-state index in [9.17, 15) is 19.2 Å². The molecule has 2 heterocycles. The molecule has 218 valence electrons. The van der Waals surface area contributed by atoms with Gasteiger partial charge in [0, 0.05) is 60.2 Å². The maximum absolute atomic E-state index is 13.5. The predicted octanol–water partition coefficient (Wildman–Crippen LogP) is 3.96. The van der Waals surface area contributed by atoms with Gasteiger partial charge in [0.15, 0.2) is 6.23 Å². The van der Waals surface area contributed by atoms with E-state index in [-0.39, 0.29) is 18.1 Å². The van der Waals surface area contributed by atoms with Crippen LogP contribution >= 0.6 is 11.6 Å². The Labute approximate surface area is 243 Å². The number of nitrogens with zero attached hydrogens (tertiary/aromatic N) is 2. The summed E-state index contributed by atoms with van der Waals surface area (Å²) in [6.07, 6.45) is -0.951. The van der Waals surface area contributed by atoms with Crippen molar-refractivity contribution in [2.45, 2.75) is 52.0 Å². The largest absolute Gasteiger partial charge is 0.445 e. The molecule has 1 aromatic heterocycles. The molecule has 0 spiro atoms. The van der Waals surface area contributed by atoms with Gasteiger partial charge in [-0.15, -0.1) is 0 Å². The maximum Gasteiger partial charge on any atom is 0.410 e. The molecule has 2 amide bonds. The summed E-state index contributed by atoms with van der Waals surface area (Å²) in [5.41, 5.74) is 0.654. The van der Waals surface area contributed by atoms with Crippen LogP contribution in [0.25, 0.3) is 10.9 Å². The molecular weight excluding hydrogens is 548 g/mol. The summed E-state index contributed by atoms with van der Waals surface area (Å²) in [6, 6.07) is 13.9. The molecule has 1 fully saturated rings. The van der Waals surface area contributed by atoms with Crippen LogP contribution in [-0.4, -0.2) is 76.8 Å². The second-order valence-electron chi connectivity index (χ2n) is 11.0. The van der Waals surface area contributed by atoms with Crippen molar-refractivity contribution >= 4 is 40.5 Å². The zero-order valence-corrected chi connectivity index (χ0v) is 24.4. The van der Waals surface area contributed by atoms with E-state index >= 15 is 0 Å². The van der Waals surface area contributed by atoms with Crippen LogP contribution < -0.4 is 10.9 Å². The summed E-state index contributed by atoms with van der Waals surface area (Å²) >= 11 is 5.96. The van der Waals surface area contributed by atoms with Gasteiger partial charge in [-0.3, -0.25) is 14.5 Å².